The predicted octanol–water partition coefficient (Wildman–Crippen LogP) is 1.54. The topological polar surface area (TPSA) is 17.8 Å². The molecule has 0 atom stereocenters. The van der Waals surface area contributed by atoms with Crippen molar-refractivity contribution in [2.45, 2.75) is 19.8 Å². The van der Waals surface area contributed by atoms with Crippen LogP contribution in [0.1, 0.15) is 25.6 Å². The number of nitrogens with zero attached hydrogens (tertiary/aromatic N) is 2. The van der Waals surface area contributed by atoms with Gasteiger partial charge in [0.2, 0.25) is 0 Å². The fourth-order valence-electron chi connectivity index (χ4n) is 0.933. The fourth-order valence-corrected chi connectivity index (χ4v) is 0.933. The normalized spacial score (nSPS) is 10.7. The quantitative estimate of drug-likeness (QED) is 0.555. The molecule has 0 fully saturated rings. The van der Waals surface area contributed by atoms with E-state index >= 15 is 0 Å². The van der Waals surface area contributed by atoms with Crippen LogP contribution in [0.5, 0.6) is 0 Å². The Morgan fingerprint density at radius 2 is 2.22 bits per heavy atom. The summed E-state index contributed by atoms with van der Waals surface area (Å²) in [5.41, 5.74) is 0. The molecule has 0 spiro atoms. The third kappa shape index (κ3) is 1.12. The number of hydrogen-bond donors (Lipinski definition) is 0. The van der Waals surface area contributed by atoms with Crippen LogP contribution in [0.2, 0.25) is 0 Å². The summed E-state index contributed by atoms with van der Waals surface area (Å²) in [6.45, 7) is 4.28. The first kappa shape index (κ1) is 6.33. The SMILES string of the molecule is CC(C)c1nccn1C. The van der Waals surface area contributed by atoms with Crippen LogP contribution in [0, 0.1) is 0 Å². The van der Waals surface area contributed by atoms with Crippen LogP contribution in [0.4, 0.5) is 0 Å². The van der Waals surface area contributed by atoms with Gasteiger partial charge in [0, 0.05) is 25.4 Å². The van der Waals surface area contributed by atoms with Gasteiger partial charge in [-0.15, -0.1) is 0 Å². The summed E-state index contributed by atoms with van der Waals surface area (Å²) >= 11 is 0. The molecule has 50 valence electrons. The molecule has 1 heterocycles. The smallest absolute Gasteiger partial charge is 0.110 e. The maximum Gasteiger partial charge on any atom is 0.110 e. The molecule has 0 aliphatic heterocycles. The van der Waals surface area contributed by atoms with E-state index in [1.54, 1.807) is 0 Å². The fraction of sp³-hybridized carbons (Fsp3) is 0.571. The number of imidazole rings is 1. The molecule has 1 aromatic rings. The Kier molecular flexibility index (Phi) is 1.56. The molecular weight excluding hydrogens is 112 g/mol. The maximum atomic E-state index is 4.18. The van der Waals surface area contributed by atoms with E-state index in [0.29, 0.717) is 5.92 Å². The van der Waals surface area contributed by atoms with Crippen molar-refractivity contribution in [2.75, 3.05) is 0 Å². The first-order valence-corrected chi connectivity index (χ1v) is 3.19. The summed E-state index contributed by atoms with van der Waals surface area (Å²) in [4.78, 5) is 4.18. The van der Waals surface area contributed by atoms with Gasteiger partial charge in [-0.2, -0.15) is 0 Å². The second kappa shape index (κ2) is 2.21. The zero-order valence-corrected chi connectivity index (χ0v) is 6.13. The Bertz CT molecular complexity index is 189. The molecule has 0 aliphatic carbocycles. The summed E-state index contributed by atoms with van der Waals surface area (Å²) in [5.74, 6) is 1.68. The molecule has 0 saturated carbocycles. The second-order valence-electron chi connectivity index (χ2n) is 2.55. The van der Waals surface area contributed by atoms with E-state index in [1.807, 2.05) is 24.0 Å². The van der Waals surface area contributed by atoms with Gasteiger partial charge in [0.25, 0.3) is 0 Å². The van der Waals surface area contributed by atoms with Crippen LogP contribution in [0.25, 0.3) is 0 Å². The Morgan fingerprint density at radius 3 is 2.44 bits per heavy atom. The van der Waals surface area contributed by atoms with Crippen molar-refractivity contribution in [1.82, 2.24) is 9.55 Å². The van der Waals surface area contributed by atoms with Crippen molar-refractivity contribution in [3.63, 3.8) is 0 Å². The summed E-state index contributed by atoms with van der Waals surface area (Å²) in [7, 11) is 2.02. The lowest BCUT2D eigenvalue weighted by molar-refractivity contribution is 0.711. The maximum absolute atomic E-state index is 4.18. The lowest BCUT2D eigenvalue weighted by atomic mass is 10.2. The highest BCUT2D eigenvalue weighted by molar-refractivity contribution is 4.95. The molecule has 0 radical (unpaired) electrons. The average Bonchev–Trinajstić information content (AvgIpc) is 2.13. The monoisotopic (exact) mass is 124 g/mol. The van der Waals surface area contributed by atoms with Crippen molar-refractivity contribution in [2.24, 2.45) is 7.05 Å². The van der Waals surface area contributed by atoms with Crippen LogP contribution in [-0.4, -0.2) is 9.55 Å². The standard InChI is InChI=1S/C7H12N2/c1-6(2)7-8-4-5-9(7)3/h4-6H,1-3H3. The minimum atomic E-state index is 0.532. The van der Waals surface area contributed by atoms with Crippen molar-refractivity contribution >= 4 is 0 Å². The van der Waals surface area contributed by atoms with Gasteiger partial charge >= 0.3 is 0 Å². The van der Waals surface area contributed by atoms with Crippen molar-refractivity contribution in [3.8, 4) is 0 Å². The van der Waals surface area contributed by atoms with E-state index in [9.17, 15) is 0 Å². The highest BCUT2D eigenvalue weighted by atomic mass is 15.0. The number of rotatable bonds is 1. The van der Waals surface area contributed by atoms with E-state index in [1.165, 1.54) is 0 Å². The van der Waals surface area contributed by atoms with Crippen molar-refractivity contribution in [3.05, 3.63) is 18.2 Å². The van der Waals surface area contributed by atoms with Crippen molar-refractivity contribution in [1.29, 1.82) is 0 Å². The van der Waals surface area contributed by atoms with Gasteiger partial charge in [-0.1, -0.05) is 13.8 Å². The number of aryl methyl sites for hydroxylation is 1. The van der Waals surface area contributed by atoms with E-state index in [2.05, 4.69) is 18.8 Å². The molecule has 1 aromatic heterocycles. The number of aromatic nitrogens is 2. The molecule has 0 amide bonds. The Balaban J connectivity index is 2.94. The molecule has 9 heavy (non-hydrogen) atoms. The highest BCUT2D eigenvalue weighted by Crippen LogP contribution is 2.08. The van der Waals surface area contributed by atoms with Gasteiger partial charge in [0.05, 0.1) is 0 Å². The summed E-state index contributed by atoms with van der Waals surface area (Å²) in [6, 6.07) is 0. The molecule has 0 N–H and O–H groups in total. The molecule has 1 rings (SSSR count). The second-order valence-corrected chi connectivity index (χ2v) is 2.55. The first-order valence-electron chi connectivity index (χ1n) is 3.19. The zero-order valence-electron chi connectivity index (χ0n) is 6.13. The van der Waals surface area contributed by atoms with E-state index < -0.39 is 0 Å². The summed E-state index contributed by atoms with van der Waals surface area (Å²) in [6.07, 6.45) is 3.80. The summed E-state index contributed by atoms with van der Waals surface area (Å²) < 4.78 is 2.05. The molecule has 0 aromatic carbocycles. The third-order valence-corrected chi connectivity index (χ3v) is 1.37. The van der Waals surface area contributed by atoms with E-state index in [-0.39, 0.29) is 0 Å². The van der Waals surface area contributed by atoms with E-state index in [4.69, 9.17) is 0 Å². The lowest BCUT2D eigenvalue weighted by Crippen LogP contribution is -1.98. The van der Waals surface area contributed by atoms with Gasteiger partial charge in [-0.3, -0.25) is 0 Å². The Hall–Kier alpha value is -0.790. The van der Waals surface area contributed by atoms with Gasteiger partial charge < -0.3 is 4.57 Å². The molecule has 2 nitrogen and oxygen atoms in total. The third-order valence-electron chi connectivity index (χ3n) is 1.37. The Labute approximate surface area is 55.5 Å². The average molecular weight is 124 g/mol. The minimum Gasteiger partial charge on any atom is -0.338 e. The van der Waals surface area contributed by atoms with Gasteiger partial charge in [0.1, 0.15) is 5.82 Å². The molecular formula is C7H12N2. The van der Waals surface area contributed by atoms with Gasteiger partial charge in [-0.05, 0) is 0 Å². The molecule has 0 saturated heterocycles. The van der Waals surface area contributed by atoms with Crippen molar-refractivity contribution < 1.29 is 0 Å². The number of hydrogen-bond acceptors (Lipinski definition) is 1. The first-order chi connectivity index (χ1) is 4.22. The van der Waals surface area contributed by atoms with Gasteiger partial charge in [-0.25, -0.2) is 4.98 Å². The molecule has 0 unspecified atom stereocenters. The highest BCUT2D eigenvalue weighted by Gasteiger charge is 2.01. The van der Waals surface area contributed by atoms with Gasteiger partial charge in [0.15, 0.2) is 0 Å². The molecule has 0 aliphatic rings. The van der Waals surface area contributed by atoms with Crippen LogP contribution in [-0.2, 0) is 7.05 Å². The van der Waals surface area contributed by atoms with Crippen LogP contribution >= 0.6 is 0 Å². The predicted molar refractivity (Wildman–Crippen MR) is 37.3 cm³/mol. The lowest BCUT2D eigenvalue weighted by Gasteiger charge is -2.02. The summed E-state index contributed by atoms with van der Waals surface area (Å²) in [5, 5.41) is 0. The molecule has 2 heteroatoms. The zero-order chi connectivity index (χ0) is 6.85. The van der Waals surface area contributed by atoms with Crippen LogP contribution < -0.4 is 0 Å². The van der Waals surface area contributed by atoms with E-state index in [0.717, 1.165) is 5.82 Å². The Morgan fingerprint density at radius 1 is 1.56 bits per heavy atom. The molecule has 0 bridgehead atoms. The van der Waals surface area contributed by atoms with Crippen LogP contribution in [0.3, 0.4) is 0 Å². The minimum absolute atomic E-state index is 0.532. The largest absolute Gasteiger partial charge is 0.338 e. The van der Waals surface area contributed by atoms with Crippen LogP contribution in [0.15, 0.2) is 12.4 Å².